The van der Waals surface area contributed by atoms with Gasteiger partial charge in [-0.15, -0.1) is 0 Å². The van der Waals surface area contributed by atoms with Gasteiger partial charge in [-0.2, -0.15) is 0 Å². The number of phenols is 1. The Morgan fingerprint density at radius 2 is 1.33 bits per heavy atom. The first kappa shape index (κ1) is 38.7. The van der Waals surface area contributed by atoms with Crippen molar-refractivity contribution in [1.82, 2.24) is 26.6 Å². The molecule has 0 heterocycles. The van der Waals surface area contributed by atoms with E-state index in [4.69, 9.17) is 5.73 Å². The highest BCUT2D eigenvalue weighted by molar-refractivity contribution is 5.95. The SMILES string of the molecule is CC[C@H](C)[C@H](NC(C)=O)C(=O)N[C@H](Cc1ccc(O)cc1)C(=O)NCC(=O)N[C@@H](CCC(=O)O)C(=O)N[C@H](Cc1ccccc1)C(N)=O. The molecule has 0 bridgehead atoms. The number of phenolic OH excluding ortho intramolecular Hbond substituents is 1. The summed E-state index contributed by atoms with van der Waals surface area (Å²) in [5.41, 5.74) is 6.76. The molecular weight excluding hydrogens is 624 g/mol. The lowest BCUT2D eigenvalue weighted by Crippen LogP contribution is -2.57. The van der Waals surface area contributed by atoms with E-state index >= 15 is 0 Å². The van der Waals surface area contributed by atoms with Crippen LogP contribution < -0.4 is 32.3 Å². The Labute approximate surface area is 278 Å². The zero-order valence-electron chi connectivity index (χ0n) is 27.2. The second kappa shape index (κ2) is 19.3. The molecule has 2 rings (SSSR count). The average molecular weight is 669 g/mol. The summed E-state index contributed by atoms with van der Waals surface area (Å²) in [6.07, 6.45) is -0.233. The van der Waals surface area contributed by atoms with E-state index in [1.54, 1.807) is 49.4 Å². The van der Waals surface area contributed by atoms with E-state index in [1.165, 1.54) is 19.1 Å². The Morgan fingerprint density at radius 3 is 1.90 bits per heavy atom. The summed E-state index contributed by atoms with van der Waals surface area (Å²) in [5, 5.41) is 31.3. The van der Waals surface area contributed by atoms with Crippen molar-refractivity contribution < 1.29 is 43.8 Å². The highest BCUT2D eigenvalue weighted by atomic mass is 16.4. The molecule has 0 aliphatic rings. The molecular formula is C33H44N6O9. The number of benzene rings is 2. The van der Waals surface area contributed by atoms with Gasteiger partial charge in [0.1, 0.15) is 29.9 Å². The molecule has 0 aromatic heterocycles. The van der Waals surface area contributed by atoms with Gasteiger partial charge in [-0.3, -0.25) is 33.6 Å². The minimum absolute atomic E-state index is 0.00773. The van der Waals surface area contributed by atoms with Crippen molar-refractivity contribution in [2.45, 2.75) is 77.0 Å². The number of aliphatic carboxylic acids is 1. The summed E-state index contributed by atoms with van der Waals surface area (Å²) in [6, 6.07) is 9.96. The molecule has 15 nitrogen and oxygen atoms in total. The number of carboxylic acid groups (broad SMARTS) is 1. The lowest BCUT2D eigenvalue weighted by atomic mass is 9.97. The number of amides is 6. The largest absolute Gasteiger partial charge is 0.508 e. The number of rotatable bonds is 19. The summed E-state index contributed by atoms with van der Waals surface area (Å²) in [5.74, 6) is -5.85. The van der Waals surface area contributed by atoms with Crippen molar-refractivity contribution in [3.63, 3.8) is 0 Å². The van der Waals surface area contributed by atoms with Gasteiger partial charge in [0, 0.05) is 26.2 Å². The molecule has 0 aliphatic heterocycles. The van der Waals surface area contributed by atoms with E-state index in [1.807, 2.05) is 6.92 Å². The number of hydrogen-bond donors (Lipinski definition) is 8. The molecule has 0 unspecified atom stereocenters. The standard InChI is InChI=1S/C33H44N6O9/c1-4-19(2)29(36-20(3)40)33(48)39-26(17-22-10-12-23(41)13-11-22)31(46)35-18-27(42)37-24(14-15-28(43)44)32(47)38-25(30(34)45)16-21-8-6-5-7-9-21/h5-13,19,24-26,29,41H,4,14-18H2,1-3H3,(H2,34,45)(H,35,46)(H,36,40)(H,37,42)(H,38,47)(H,39,48)(H,43,44)/t19-,24-,25+,26+,29-/m0/s1. The van der Waals surface area contributed by atoms with Crippen molar-refractivity contribution in [2.75, 3.05) is 6.54 Å². The second-order valence-corrected chi connectivity index (χ2v) is 11.4. The van der Waals surface area contributed by atoms with Crippen LogP contribution in [-0.4, -0.2) is 82.3 Å². The smallest absolute Gasteiger partial charge is 0.303 e. The minimum Gasteiger partial charge on any atom is -0.508 e. The molecule has 0 saturated heterocycles. The predicted molar refractivity (Wildman–Crippen MR) is 174 cm³/mol. The normalized spacial score (nSPS) is 13.8. The lowest BCUT2D eigenvalue weighted by molar-refractivity contribution is -0.138. The zero-order valence-corrected chi connectivity index (χ0v) is 27.2. The lowest BCUT2D eigenvalue weighted by Gasteiger charge is -2.26. The Hall–Kier alpha value is -5.47. The fourth-order valence-corrected chi connectivity index (χ4v) is 4.68. The van der Waals surface area contributed by atoms with Gasteiger partial charge in [0.25, 0.3) is 0 Å². The molecule has 0 saturated carbocycles. The van der Waals surface area contributed by atoms with Gasteiger partial charge in [-0.25, -0.2) is 0 Å². The maximum Gasteiger partial charge on any atom is 0.303 e. The quantitative estimate of drug-likeness (QED) is 0.0973. The third kappa shape index (κ3) is 13.5. The first-order valence-corrected chi connectivity index (χ1v) is 15.5. The molecule has 0 fully saturated rings. The molecule has 9 N–H and O–H groups in total. The first-order valence-electron chi connectivity index (χ1n) is 15.5. The molecule has 48 heavy (non-hydrogen) atoms. The number of carbonyl (C=O) groups excluding carboxylic acids is 6. The van der Waals surface area contributed by atoms with Gasteiger partial charge in [0.05, 0.1) is 6.54 Å². The van der Waals surface area contributed by atoms with Crippen LogP contribution in [0.25, 0.3) is 0 Å². The maximum atomic E-state index is 13.3. The number of nitrogens with one attached hydrogen (secondary N) is 5. The van der Waals surface area contributed by atoms with E-state index in [9.17, 15) is 43.8 Å². The predicted octanol–water partition coefficient (Wildman–Crippen LogP) is -0.351. The third-order valence-corrected chi connectivity index (χ3v) is 7.53. The summed E-state index contributed by atoms with van der Waals surface area (Å²) in [4.78, 5) is 87.7. The van der Waals surface area contributed by atoms with E-state index in [-0.39, 0.29) is 30.9 Å². The van der Waals surface area contributed by atoms with E-state index < -0.39 is 78.5 Å². The molecule has 0 radical (unpaired) electrons. The van der Waals surface area contributed by atoms with Gasteiger partial charge in [0.2, 0.25) is 35.4 Å². The van der Waals surface area contributed by atoms with Gasteiger partial charge >= 0.3 is 5.97 Å². The van der Waals surface area contributed by atoms with E-state index in [0.717, 1.165) is 0 Å². The first-order chi connectivity index (χ1) is 22.7. The second-order valence-electron chi connectivity index (χ2n) is 11.4. The number of aromatic hydroxyl groups is 1. The molecule has 5 atom stereocenters. The van der Waals surface area contributed by atoms with Crippen LogP contribution in [0.1, 0.15) is 51.2 Å². The zero-order chi connectivity index (χ0) is 35.8. The molecule has 0 spiro atoms. The fourth-order valence-electron chi connectivity index (χ4n) is 4.68. The van der Waals surface area contributed by atoms with Gasteiger partial charge in [-0.05, 0) is 35.6 Å². The van der Waals surface area contributed by atoms with Gasteiger partial charge < -0.3 is 42.5 Å². The fraction of sp³-hybridized carbons (Fsp3) is 0.424. The molecule has 15 heteroatoms. The summed E-state index contributed by atoms with van der Waals surface area (Å²) in [7, 11) is 0. The number of carbonyl (C=O) groups is 7. The topological polar surface area (TPSA) is 246 Å². The third-order valence-electron chi connectivity index (χ3n) is 7.53. The van der Waals surface area contributed by atoms with Gasteiger partial charge in [0.15, 0.2) is 0 Å². The van der Waals surface area contributed by atoms with Crippen molar-refractivity contribution in [1.29, 1.82) is 0 Å². The Balaban J connectivity index is 2.16. The highest BCUT2D eigenvalue weighted by Crippen LogP contribution is 2.13. The number of carboxylic acids is 1. The van der Waals surface area contributed by atoms with E-state index in [2.05, 4.69) is 26.6 Å². The molecule has 6 amide bonds. The number of primary amides is 1. The van der Waals surface area contributed by atoms with Crippen molar-refractivity contribution in [2.24, 2.45) is 11.7 Å². The highest BCUT2D eigenvalue weighted by Gasteiger charge is 2.30. The number of hydrogen-bond acceptors (Lipinski definition) is 8. The molecule has 2 aromatic carbocycles. The van der Waals surface area contributed by atoms with Crippen LogP contribution in [0.15, 0.2) is 54.6 Å². The minimum atomic E-state index is -1.38. The monoisotopic (exact) mass is 668 g/mol. The Kier molecular flexibility index (Phi) is 15.5. The Bertz CT molecular complexity index is 1430. The summed E-state index contributed by atoms with van der Waals surface area (Å²) >= 11 is 0. The average Bonchev–Trinajstić information content (AvgIpc) is 3.04. The Morgan fingerprint density at radius 1 is 0.750 bits per heavy atom. The van der Waals surface area contributed by atoms with E-state index in [0.29, 0.717) is 17.5 Å². The molecule has 2 aromatic rings. The number of nitrogens with two attached hydrogens (primary N) is 1. The van der Waals surface area contributed by atoms with Crippen LogP contribution in [0, 0.1) is 5.92 Å². The van der Waals surface area contributed by atoms with Crippen LogP contribution in [0.5, 0.6) is 5.75 Å². The molecule has 0 aliphatic carbocycles. The summed E-state index contributed by atoms with van der Waals surface area (Å²) in [6.45, 7) is 4.22. The molecule has 260 valence electrons. The van der Waals surface area contributed by atoms with Crippen LogP contribution in [0.2, 0.25) is 0 Å². The van der Waals surface area contributed by atoms with Crippen molar-refractivity contribution in [3.05, 3.63) is 65.7 Å². The van der Waals surface area contributed by atoms with Crippen molar-refractivity contribution in [3.8, 4) is 5.75 Å². The van der Waals surface area contributed by atoms with Crippen LogP contribution in [-0.2, 0) is 46.4 Å². The summed E-state index contributed by atoms with van der Waals surface area (Å²) < 4.78 is 0. The van der Waals surface area contributed by atoms with Crippen LogP contribution in [0.4, 0.5) is 0 Å². The van der Waals surface area contributed by atoms with Crippen LogP contribution >= 0.6 is 0 Å². The van der Waals surface area contributed by atoms with Crippen molar-refractivity contribution >= 4 is 41.4 Å². The maximum absolute atomic E-state index is 13.3. The van der Waals surface area contributed by atoms with Crippen LogP contribution in [0.3, 0.4) is 0 Å². The van der Waals surface area contributed by atoms with Gasteiger partial charge in [-0.1, -0.05) is 62.7 Å².